The maximum atomic E-state index is 14.5. The van der Waals surface area contributed by atoms with E-state index in [9.17, 15) is 14.0 Å². The van der Waals surface area contributed by atoms with Gasteiger partial charge in [0.2, 0.25) is 5.91 Å². The summed E-state index contributed by atoms with van der Waals surface area (Å²) < 4.78 is 14.5. The van der Waals surface area contributed by atoms with E-state index >= 15 is 0 Å². The lowest BCUT2D eigenvalue weighted by molar-refractivity contribution is -0.117. The van der Waals surface area contributed by atoms with E-state index in [2.05, 4.69) is 14.9 Å². The number of carbonyl (C=O) groups excluding carboxylic acids is 2. The van der Waals surface area contributed by atoms with Crippen LogP contribution in [0.15, 0.2) is 48.1 Å². The Kier molecular flexibility index (Phi) is 5.90. The molecule has 4 heterocycles. The topological polar surface area (TPSA) is 69.6 Å². The van der Waals surface area contributed by atoms with Crippen molar-refractivity contribution >= 4 is 28.8 Å². The SMILES string of the molecule is Cc1ncccc1-c1cc(F)cc(N2CC(N3CCN(C(=O)c4nccs4)CC3)CC2=O)c1. The minimum Gasteiger partial charge on any atom is -0.334 e. The van der Waals surface area contributed by atoms with Gasteiger partial charge in [0.15, 0.2) is 5.01 Å². The van der Waals surface area contributed by atoms with Gasteiger partial charge in [0.1, 0.15) is 5.82 Å². The summed E-state index contributed by atoms with van der Waals surface area (Å²) in [5.74, 6) is -0.427. The monoisotopic (exact) mass is 465 g/mol. The van der Waals surface area contributed by atoms with Crippen molar-refractivity contribution in [2.24, 2.45) is 0 Å². The summed E-state index contributed by atoms with van der Waals surface area (Å²) in [6.07, 6.45) is 3.73. The molecule has 0 bridgehead atoms. The van der Waals surface area contributed by atoms with Crippen LogP contribution >= 0.6 is 11.3 Å². The molecular weight excluding hydrogens is 441 g/mol. The van der Waals surface area contributed by atoms with Gasteiger partial charge in [-0.1, -0.05) is 6.07 Å². The molecule has 0 saturated carbocycles. The Balaban J connectivity index is 1.28. The molecule has 0 N–H and O–H groups in total. The third-order valence-corrected chi connectivity index (χ3v) is 7.11. The largest absolute Gasteiger partial charge is 0.334 e. The Labute approximate surface area is 195 Å². The molecule has 5 rings (SSSR count). The van der Waals surface area contributed by atoms with Crippen LogP contribution in [0.4, 0.5) is 10.1 Å². The van der Waals surface area contributed by atoms with Crippen LogP contribution in [0.2, 0.25) is 0 Å². The summed E-state index contributed by atoms with van der Waals surface area (Å²) in [6, 6.07) is 8.52. The maximum Gasteiger partial charge on any atom is 0.282 e. The molecule has 1 unspecified atom stereocenters. The van der Waals surface area contributed by atoms with Crippen molar-refractivity contribution in [2.75, 3.05) is 37.6 Å². The highest BCUT2D eigenvalue weighted by molar-refractivity contribution is 7.11. The molecule has 0 spiro atoms. The molecule has 7 nitrogen and oxygen atoms in total. The molecule has 2 aliphatic heterocycles. The Morgan fingerprint density at radius 3 is 2.67 bits per heavy atom. The van der Waals surface area contributed by atoms with Gasteiger partial charge >= 0.3 is 0 Å². The first-order valence-corrected chi connectivity index (χ1v) is 11.8. The van der Waals surface area contributed by atoms with Crippen molar-refractivity contribution in [3.8, 4) is 11.1 Å². The summed E-state index contributed by atoms with van der Waals surface area (Å²) in [5, 5.41) is 2.31. The molecule has 2 aromatic heterocycles. The highest BCUT2D eigenvalue weighted by atomic mass is 32.1. The van der Waals surface area contributed by atoms with Gasteiger partial charge in [-0.3, -0.25) is 19.5 Å². The number of hydrogen-bond donors (Lipinski definition) is 0. The van der Waals surface area contributed by atoms with Crippen LogP contribution in [-0.4, -0.2) is 70.3 Å². The first-order valence-electron chi connectivity index (χ1n) is 11.0. The Hall–Kier alpha value is -3.17. The number of amides is 2. The molecule has 2 aliphatic rings. The standard InChI is InChI=1S/C24H24FN5O2S/c1-16-21(3-2-4-26-16)17-11-18(25)13-19(12-17)30-15-20(14-22(30)31)28-6-8-29(9-7-28)24(32)23-27-5-10-33-23/h2-5,10-13,20H,6-9,14-15H2,1H3. The van der Waals surface area contributed by atoms with Gasteiger partial charge in [-0.2, -0.15) is 0 Å². The van der Waals surface area contributed by atoms with E-state index in [-0.39, 0.29) is 23.7 Å². The normalized spacial score (nSPS) is 19.3. The minimum atomic E-state index is -0.378. The molecule has 170 valence electrons. The predicted octanol–water partition coefficient (Wildman–Crippen LogP) is 3.22. The molecule has 0 radical (unpaired) electrons. The second kappa shape index (κ2) is 8.99. The van der Waals surface area contributed by atoms with Crippen molar-refractivity contribution in [3.05, 3.63) is 64.6 Å². The highest BCUT2D eigenvalue weighted by Gasteiger charge is 2.36. The van der Waals surface area contributed by atoms with Crippen LogP contribution in [0.5, 0.6) is 0 Å². The van der Waals surface area contributed by atoms with Gasteiger partial charge in [-0.25, -0.2) is 9.37 Å². The zero-order valence-electron chi connectivity index (χ0n) is 18.3. The fourth-order valence-electron chi connectivity index (χ4n) is 4.61. The molecule has 33 heavy (non-hydrogen) atoms. The van der Waals surface area contributed by atoms with Gasteiger partial charge in [0.05, 0.1) is 0 Å². The number of benzene rings is 1. The average Bonchev–Trinajstić information content (AvgIpc) is 3.49. The maximum absolute atomic E-state index is 14.5. The third kappa shape index (κ3) is 4.38. The number of nitrogens with zero attached hydrogens (tertiary/aromatic N) is 5. The quantitative estimate of drug-likeness (QED) is 0.592. The average molecular weight is 466 g/mol. The van der Waals surface area contributed by atoms with Crippen molar-refractivity contribution < 1.29 is 14.0 Å². The predicted molar refractivity (Wildman–Crippen MR) is 125 cm³/mol. The minimum absolute atomic E-state index is 0.0132. The van der Waals surface area contributed by atoms with Crippen LogP contribution in [0.25, 0.3) is 11.1 Å². The third-order valence-electron chi connectivity index (χ3n) is 6.35. The van der Waals surface area contributed by atoms with E-state index in [0.29, 0.717) is 55.4 Å². The zero-order valence-corrected chi connectivity index (χ0v) is 19.1. The van der Waals surface area contributed by atoms with E-state index in [0.717, 1.165) is 11.3 Å². The van der Waals surface area contributed by atoms with Crippen molar-refractivity contribution in [1.29, 1.82) is 0 Å². The first kappa shape index (κ1) is 21.7. The number of hydrogen-bond acceptors (Lipinski definition) is 6. The van der Waals surface area contributed by atoms with Gasteiger partial charge in [0.25, 0.3) is 5.91 Å². The Morgan fingerprint density at radius 2 is 1.94 bits per heavy atom. The Bertz CT molecular complexity index is 1180. The first-order chi connectivity index (χ1) is 16.0. The lowest BCUT2D eigenvalue weighted by atomic mass is 10.0. The summed E-state index contributed by atoms with van der Waals surface area (Å²) in [6.45, 7) is 5.00. The lowest BCUT2D eigenvalue weighted by Gasteiger charge is -2.37. The number of carbonyl (C=O) groups is 2. The molecule has 1 atom stereocenters. The van der Waals surface area contributed by atoms with Crippen molar-refractivity contribution in [2.45, 2.75) is 19.4 Å². The molecule has 9 heteroatoms. The number of pyridine rings is 1. The van der Waals surface area contributed by atoms with Crippen molar-refractivity contribution in [1.82, 2.24) is 19.8 Å². The number of rotatable bonds is 4. The zero-order chi connectivity index (χ0) is 22.9. The fraction of sp³-hybridized carbons (Fsp3) is 0.333. The summed E-state index contributed by atoms with van der Waals surface area (Å²) >= 11 is 1.35. The van der Waals surface area contributed by atoms with E-state index in [4.69, 9.17) is 0 Å². The lowest BCUT2D eigenvalue weighted by Crippen LogP contribution is -2.52. The summed E-state index contributed by atoms with van der Waals surface area (Å²) in [7, 11) is 0. The Morgan fingerprint density at radius 1 is 1.12 bits per heavy atom. The van der Waals surface area contributed by atoms with Gasteiger partial charge in [-0.05, 0) is 36.8 Å². The number of piperazine rings is 1. The molecule has 2 saturated heterocycles. The number of aromatic nitrogens is 2. The second-order valence-corrected chi connectivity index (χ2v) is 9.26. The molecule has 3 aromatic rings. The molecule has 0 aliphatic carbocycles. The molecular formula is C24H24FN5O2S. The fourth-order valence-corrected chi connectivity index (χ4v) is 5.21. The van der Waals surface area contributed by atoms with E-state index in [1.165, 1.54) is 23.5 Å². The van der Waals surface area contributed by atoms with Crippen LogP contribution in [0, 0.1) is 12.7 Å². The van der Waals surface area contributed by atoms with Crippen LogP contribution in [0.3, 0.4) is 0 Å². The molecule has 1 aromatic carbocycles. The summed E-state index contributed by atoms with van der Waals surface area (Å²) in [4.78, 5) is 39.6. The van der Waals surface area contributed by atoms with Gasteiger partial charge in [0, 0.05) is 79.9 Å². The number of aryl methyl sites for hydroxylation is 1. The smallest absolute Gasteiger partial charge is 0.282 e. The number of anilines is 1. The second-order valence-electron chi connectivity index (χ2n) is 8.36. The van der Waals surface area contributed by atoms with E-state index in [1.54, 1.807) is 22.7 Å². The van der Waals surface area contributed by atoms with Crippen LogP contribution < -0.4 is 4.90 Å². The van der Waals surface area contributed by atoms with Gasteiger partial charge in [-0.15, -0.1) is 11.3 Å². The molecule has 2 fully saturated rings. The van der Waals surface area contributed by atoms with Crippen LogP contribution in [-0.2, 0) is 4.79 Å². The number of thiazole rings is 1. The molecule has 2 amide bonds. The highest BCUT2D eigenvalue weighted by Crippen LogP contribution is 2.31. The van der Waals surface area contributed by atoms with Crippen LogP contribution in [0.1, 0.15) is 21.9 Å². The van der Waals surface area contributed by atoms with E-state index < -0.39 is 0 Å². The number of halogens is 1. The van der Waals surface area contributed by atoms with Gasteiger partial charge < -0.3 is 9.80 Å². The van der Waals surface area contributed by atoms with Crippen molar-refractivity contribution in [3.63, 3.8) is 0 Å². The summed E-state index contributed by atoms with van der Waals surface area (Å²) in [5.41, 5.74) is 2.94. The van der Waals surface area contributed by atoms with E-state index in [1.807, 2.05) is 30.0 Å².